The molecule has 0 radical (unpaired) electrons. The summed E-state index contributed by atoms with van der Waals surface area (Å²) in [7, 11) is -3.16. The summed E-state index contributed by atoms with van der Waals surface area (Å²) < 4.78 is 45.7. The molecule has 0 aliphatic heterocycles. The first kappa shape index (κ1) is 106. The van der Waals surface area contributed by atoms with Crippen LogP contribution in [0, 0.1) is 73.0 Å². The van der Waals surface area contributed by atoms with Crippen LogP contribution in [0.4, 0.5) is 5.69 Å². The molecule has 3 aromatic carbocycles. The van der Waals surface area contributed by atoms with Gasteiger partial charge in [0.25, 0.3) is 0 Å². The van der Waals surface area contributed by atoms with E-state index in [-0.39, 0.29) is 0 Å². The lowest BCUT2D eigenvalue weighted by molar-refractivity contribution is 0.0142. The van der Waals surface area contributed by atoms with Crippen LogP contribution in [-0.4, -0.2) is 101 Å². The van der Waals surface area contributed by atoms with Crippen molar-refractivity contribution in [1.29, 1.82) is 5.26 Å². The van der Waals surface area contributed by atoms with Crippen molar-refractivity contribution >= 4 is 15.7 Å². The summed E-state index contributed by atoms with van der Waals surface area (Å²) in [5.41, 5.74) is 12.2. The summed E-state index contributed by atoms with van der Waals surface area (Å²) in [6, 6.07) is 35.6. The van der Waals surface area contributed by atoms with Gasteiger partial charge < -0.3 is 28.9 Å². The van der Waals surface area contributed by atoms with Crippen molar-refractivity contribution < 1.29 is 27.4 Å². The zero-order valence-corrected chi connectivity index (χ0v) is 77.3. The Labute approximate surface area is 706 Å². The Morgan fingerprint density at radius 3 is 1.22 bits per heavy atom. The lowest BCUT2D eigenvalue weighted by atomic mass is 9.78. The molecule has 0 saturated heterocycles. The number of aryl methyl sites for hydroxylation is 2. The van der Waals surface area contributed by atoms with E-state index in [2.05, 4.69) is 233 Å². The highest BCUT2D eigenvalue weighted by Crippen LogP contribution is 2.33. The van der Waals surface area contributed by atoms with Gasteiger partial charge >= 0.3 is 0 Å². The molecule has 0 bridgehead atoms. The molecule has 116 heavy (non-hydrogen) atoms. The first-order chi connectivity index (χ1) is 55.1. The number of sulfonamides is 1. The van der Waals surface area contributed by atoms with E-state index in [1.54, 1.807) is 37.1 Å². The number of hydrogen-bond acceptors (Lipinski definition) is 13. The highest BCUT2D eigenvalue weighted by atomic mass is 32.2. The summed E-state index contributed by atoms with van der Waals surface area (Å²) >= 11 is 0. The first-order valence-corrected chi connectivity index (χ1v) is 45.0. The van der Waals surface area contributed by atoms with Gasteiger partial charge in [-0.05, 0) is 174 Å². The maximum Gasteiger partial charge on any atom is 0.229 e. The van der Waals surface area contributed by atoms with E-state index < -0.39 is 10.0 Å². The smallest absolute Gasteiger partial charge is 0.229 e. The number of nitriles is 1. The lowest BCUT2D eigenvalue weighted by Crippen LogP contribution is -2.16. The monoisotopic (exact) mass is 1610 g/mol. The van der Waals surface area contributed by atoms with Gasteiger partial charge in [0, 0.05) is 71.8 Å². The van der Waals surface area contributed by atoms with Gasteiger partial charge in [0.1, 0.15) is 24.8 Å². The highest BCUT2D eigenvalue weighted by molar-refractivity contribution is 7.92. The molecule has 0 unspecified atom stereocenters. The van der Waals surface area contributed by atoms with Crippen LogP contribution in [-0.2, 0) is 24.2 Å². The summed E-state index contributed by atoms with van der Waals surface area (Å²) in [5, 5.41) is 8.52. The van der Waals surface area contributed by atoms with Crippen molar-refractivity contribution in [3.63, 3.8) is 0 Å². The normalized spacial score (nSPS) is 13.1. The highest BCUT2D eigenvalue weighted by Gasteiger charge is 2.20. The molecule has 3 aliphatic carbocycles. The molecule has 16 nitrogen and oxygen atoms in total. The zero-order chi connectivity index (χ0) is 86.8. The quantitative estimate of drug-likeness (QED) is 0.0380. The third kappa shape index (κ3) is 52.6. The molecule has 5 aromatic heterocycles. The van der Waals surface area contributed by atoms with Crippen molar-refractivity contribution in [2.75, 3.05) is 57.2 Å². The molecule has 644 valence electrons. The maximum atomic E-state index is 10.9. The Morgan fingerprint density at radius 2 is 0.905 bits per heavy atom. The van der Waals surface area contributed by atoms with Crippen LogP contribution in [0.1, 0.15) is 339 Å². The number of hydrogen-bond donors (Lipinski definition) is 3. The number of ether oxygens (including phenoxy) is 4. The second kappa shape index (κ2) is 63.1. The second-order valence-corrected chi connectivity index (χ2v) is 35.5. The minimum Gasteiger partial charge on any atom is -0.491 e. The Bertz CT molecular complexity index is 3770. The van der Waals surface area contributed by atoms with Crippen LogP contribution < -0.4 is 9.46 Å². The molecular formula is C99H156N10O6S. The van der Waals surface area contributed by atoms with E-state index in [0.29, 0.717) is 99.3 Å². The lowest BCUT2D eigenvalue weighted by Gasteiger charge is -2.28. The van der Waals surface area contributed by atoms with Crippen LogP contribution in [0.15, 0.2) is 153 Å². The van der Waals surface area contributed by atoms with Crippen molar-refractivity contribution in [3.05, 3.63) is 215 Å². The number of aromatic nitrogens is 8. The van der Waals surface area contributed by atoms with E-state index in [1.807, 2.05) is 105 Å². The number of terminal acetylenes is 1. The number of anilines is 1. The molecule has 8 aromatic rings. The summed E-state index contributed by atoms with van der Waals surface area (Å²) in [6.45, 7) is 55.8. The second-order valence-electron chi connectivity index (χ2n) is 33.8. The minimum atomic E-state index is -3.16. The number of imidazole rings is 2. The molecule has 0 atom stereocenters. The van der Waals surface area contributed by atoms with Gasteiger partial charge in [0.2, 0.25) is 10.0 Å². The average Bonchev–Trinajstić information content (AvgIpc) is 1.70. The number of rotatable bonds is 24. The number of pyridine rings is 2. The summed E-state index contributed by atoms with van der Waals surface area (Å²) in [4.78, 5) is 30.6. The van der Waals surface area contributed by atoms with Crippen molar-refractivity contribution in [2.45, 2.75) is 291 Å². The molecule has 3 aliphatic rings. The van der Waals surface area contributed by atoms with Crippen molar-refractivity contribution in [3.8, 4) is 24.2 Å². The standard InChI is InChI=1S/C18H26O4.C10H15NO2S.C10H11N.C9H13N.C9H18.C8H11N.C8H16.C7H12N2.C7H10N2.C7H14.C6H10N2/c1-4-9-19-10-11-20-12-13-21-14-15-22-18-7-5-17(6-8-18)16(2)3;1-8(2)9-4-6-10(7-5-9)11-14(3,12)13;1-8(2)10-5-3-9(7-11)4-6-10;1-7(2)9-5-4-8(3)10-6-9;1-8(2)9-6-4-3-5-7-9;1-7(2)8-5-3-4-6-9-8;1-7(2)8-5-3-4-6-8;1-5(2)7-4-8-6(3)9-7;1-6(2)7-5-8-3-4-9-7;1-6(2)7-4-3-5-7;1-5(2)6-3-7-4-8-6/h1,5-8,16H,9-15H2,2-3H3;4-8,11H,1-3H3;3-6,8H,1-2H3;4-7H,1-3H3;8-9H,3-7H2,1-2H3;3-7H,1-2H3;7-8H,3-6H2,1-2H3;4-5H,1-3H3,(H,8,9);3-6H,1-2H3;6-7H,3-5H2,1-2H3;3-5H,1-2H3,(H,7,8). The first-order valence-electron chi connectivity index (χ1n) is 43.1. The molecule has 0 amide bonds. The van der Waals surface area contributed by atoms with Gasteiger partial charge in [0.05, 0.1) is 62.9 Å². The predicted molar refractivity (Wildman–Crippen MR) is 490 cm³/mol. The van der Waals surface area contributed by atoms with Gasteiger partial charge in [-0.1, -0.05) is 284 Å². The maximum absolute atomic E-state index is 10.9. The number of nitrogens with one attached hydrogen (secondary N) is 3. The van der Waals surface area contributed by atoms with Crippen LogP contribution in [0.5, 0.6) is 5.75 Å². The molecule has 3 fully saturated rings. The molecule has 3 N–H and O–H groups in total. The third-order valence-electron chi connectivity index (χ3n) is 20.1. The Kier molecular flexibility index (Phi) is 57.6. The fourth-order valence-electron chi connectivity index (χ4n) is 11.8. The van der Waals surface area contributed by atoms with E-state index in [1.165, 1.54) is 111 Å². The molecule has 11 rings (SSSR count). The van der Waals surface area contributed by atoms with E-state index in [0.717, 1.165) is 76.0 Å². The van der Waals surface area contributed by atoms with Gasteiger partial charge in [-0.2, -0.15) is 5.26 Å². The SMILES string of the molecule is C#CCOCCOCCOCCOc1ccc(C(C)C)cc1.CC(C)C1CCC1.CC(C)C1CCCC1.CC(C)C1CCCCC1.CC(C)c1ccc(C#N)cc1.CC(C)c1ccc(NS(C)(=O)=O)cc1.CC(C)c1ccccn1.CC(C)c1cnc[nH]1.CC(C)c1cnccn1.Cc1ccc(C(C)C)cn1.Cc1ncc(C(C)C)[nH]1. The van der Waals surface area contributed by atoms with E-state index in [4.69, 9.17) is 30.6 Å². The fraction of sp³-hybridized carbons (Fsp3) is 0.586. The predicted octanol–water partition coefficient (Wildman–Crippen LogP) is 25.9. The third-order valence-corrected chi connectivity index (χ3v) is 20.7. The fourth-order valence-corrected chi connectivity index (χ4v) is 12.4. The largest absolute Gasteiger partial charge is 0.491 e. The number of nitrogens with zero attached hydrogens (tertiary/aromatic N) is 7. The van der Waals surface area contributed by atoms with Crippen LogP contribution in [0.25, 0.3) is 0 Å². The van der Waals surface area contributed by atoms with Gasteiger partial charge in [-0.15, -0.1) is 6.42 Å². The van der Waals surface area contributed by atoms with Crippen LogP contribution in [0.2, 0.25) is 0 Å². The van der Waals surface area contributed by atoms with Crippen LogP contribution >= 0.6 is 0 Å². The van der Waals surface area contributed by atoms with Crippen LogP contribution in [0.3, 0.4) is 0 Å². The van der Waals surface area contributed by atoms with E-state index in [9.17, 15) is 8.42 Å². The van der Waals surface area contributed by atoms with Crippen molar-refractivity contribution in [2.24, 2.45) is 35.5 Å². The minimum absolute atomic E-state index is 0.329. The number of benzene rings is 3. The zero-order valence-electron chi connectivity index (χ0n) is 76.5. The molecule has 3 saturated carbocycles. The number of H-pyrrole nitrogens is 2. The molecule has 17 heteroatoms. The molecular weight excluding hydrogens is 1460 g/mol. The molecule has 5 heterocycles. The van der Waals surface area contributed by atoms with Gasteiger partial charge in [0.15, 0.2) is 0 Å². The average molecular weight is 1610 g/mol. The number of aromatic amines is 2. The summed E-state index contributed by atoms with van der Waals surface area (Å²) in [5.74, 6) is 14.6. The Morgan fingerprint density at radius 1 is 0.448 bits per heavy atom. The van der Waals surface area contributed by atoms with Gasteiger partial charge in [-0.25, -0.2) is 18.4 Å². The Hall–Kier alpha value is -8.06. The van der Waals surface area contributed by atoms with E-state index >= 15 is 0 Å². The van der Waals surface area contributed by atoms with Gasteiger partial charge in [-0.3, -0.25) is 24.7 Å². The molecule has 0 spiro atoms. The Balaban J connectivity index is 0.000000649. The van der Waals surface area contributed by atoms with Crippen molar-refractivity contribution in [1.82, 2.24) is 39.9 Å². The summed E-state index contributed by atoms with van der Waals surface area (Å²) in [6.07, 6.45) is 38.5. The topological polar surface area (TPSA) is 216 Å².